The lowest BCUT2D eigenvalue weighted by Crippen LogP contribution is -2.38. The SMILES string of the molecule is COc1ccc(C2/C(=C(/O)c3ccc(Cl)cc3)C(=O)C(=O)N2CCCN2CCOCC2)cc1OC. The molecule has 2 saturated heterocycles. The number of ketones is 1. The lowest BCUT2D eigenvalue weighted by atomic mass is 9.95. The van der Waals surface area contributed by atoms with E-state index in [1.54, 1.807) is 42.5 Å². The van der Waals surface area contributed by atoms with Gasteiger partial charge in [-0.1, -0.05) is 17.7 Å². The van der Waals surface area contributed by atoms with Crippen LogP contribution in [0.3, 0.4) is 0 Å². The minimum Gasteiger partial charge on any atom is -0.507 e. The van der Waals surface area contributed by atoms with E-state index in [0.29, 0.717) is 53.8 Å². The smallest absolute Gasteiger partial charge is 0.295 e. The van der Waals surface area contributed by atoms with E-state index in [9.17, 15) is 14.7 Å². The van der Waals surface area contributed by atoms with Crippen molar-refractivity contribution in [3.8, 4) is 11.5 Å². The maximum absolute atomic E-state index is 13.2. The first-order valence-electron chi connectivity index (χ1n) is 11.5. The fourth-order valence-corrected chi connectivity index (χ4v) is 4.66. The second kappa shape index (κ2) is 11.1. The van der Waals surface area contributed by atoms with Crippen molar-refractivity contribution in [1.29, 1.82) is 0 Å². The quantitative estimate of drug-likeness (QED) is 0.337. The number of aliphatic hydroxyl groups excluding tert-OH is 1. The summed E-state index contributed by atoms with van der Waals surface area (Å²) in [5.74, 6) is -0.602. The van der Waals surface area contributed by atoms with Gasteiger partial charge in [-0.05, 0) is 48.4 Å². The highest BCUT2D eigenvalue weighted by Crippen LogP contribution is 2.42. The number of benzene rings is 2. The van der Waals surface area contributed by atoms with Gasteiger partial charge in [-0.15, -0.1) is 0 Å². The van der Waals surface area contributed by atoms with Gasteiger partial charge in [-0.25, -0.2) is 0 Å². The number of carbonyl (C=O) groups excluding carboxylic acids is 2. The molecule has 1 N–H and O–H groups in total. The van der Waals surface area contributed by atoms with Crippen LogP contribution < -0.4 is 9.47 Å². The third-order valence-electron chi connectivity index (χ3n) is 6.36. The van der Waals surface area contributed by atoms with Crippen LogP contribution in [0.25, 0.3) is 5.76 Å². The number of ether oxygens (including phenoxy) is 3. The van der Waals surface area contributed by atoms with E-state index >= 15 is 0 Å². The molecule has 0 spiro atoms. The molecule has 2 aliphatic heterocycles. The maximum Gasteiger partial charge on any atom is 0.295 e. The Kier molecular flexibility index (Phi) is 7.95. The Balaban J connectivity index is 1.71. The molecule has 2 fully saturated rings. The topological polar surface area (TPSA) is 88.5 Å². The minimum atomic E-state index is -0.768. The summed E-state index contributed by atoms with van der Waals surface area (Å²) in [6.07, 6.45) is 0.678. The molecular formula is C26H29ClN2O6. The van der Waals surface area contributed by atoms with Crippen molar-refractivity contribution in [2.75, 3.05) is 53.6 Å². The van der Waals surface area contributed by atoms with Crippen molar-refractivity contribution in [2.45, 2.75) is 12.5 Å². The van der Waals surface area contributed by atoms with Crippen molar-refractivity contribution in [2.24, 2.45) is 0 Å². The largest absolute Gasteiger partial charge is 0.507 e. The highest BCUT2D eigenvalue weighted by atomic mass is 35.5. The van der Waals surface area contributed by atoms with Crippen LogP contribution in [0.15, 0.2) is 48.0 Å². The van der Waals surface area contributed by atoms with Crippen LogP contribution in [0.1, 0.15) is 23.6 Å². The number of Topliss-reactive ketones (excluding diaryl/α,β-unsaturated/α-hetero) is 1. The first kappa shape index (κ1) is 25.0. The van der Waals surface area contributed by atoms with Crippen molar-refractivity contribution < 1.29 is 28.9 Å². The zero-order chi connectivity index (χ0) is 24.9. The number of hydrogen-bond donors (Lipinski definition) is 1. The number of carbonyl (C=O) groups is 2. The number of nitrogens with zero attached hydrogens (tertiary/aromatic N) is 2. The number of likely N-dealkylation sites (tertiary alicyclic amines) is 1. The number of rotatable bonds is 8. The fraction of sp³-hybridized carbons (Fsp3) is 0.385. The van der Waals surface area contributed by atoms with Gasteiger partial charge in [0.25, 0.3) is 11.7 Å². The molecule has 2 aliphatic rings. The molecule has 0 bridgehead atoms. The summed E-state index contributed by atoms with van der Waals surface area (Å²) in [6.45, 7) is 4.21. The van der Waals surface area contributed by atoms with E-state index in [-0.39, 0.29) is 11.3 Å². The Morgan fingerprint density at radius 2 is 1.71 bits per heavy atom. The van der Waals surface area contributed by atoms with Crippen LogP contribution in [0.4, 0.5) is 0 Å². The van der Waals surface area contributed by atoms with Crippen molar-refractivity contribution in [3.05, 3.63) is 64.2 Å². The highest BCUT2D eigenvalue weighted by molar-refractivity contribution is 6.46. The molecule has 186 valence electrons. The zero-order valence-corrected chi connectivity index (χ0v) is 20.6. The molecule has 35 heavy (non-hydrogen) atoms. The van der Waals surface area contributed by atoms with Crippen molar-refractivity contribution in [3.63, 3.8) is 0 Å². The van der Waals surface area contributed by atoms with Gasteiger partial charge in [0, 0.05) is 36.8 Å². The van der Waals surface area contributed by atoms with E-state index in [2.05, 4.69) is 4.90 Å². The first-order chi connectivity index (χ1) is 16.9. The molecule has 0 aliphatic carbocycles. The molecular weight excluding hydrogens is 472 g/mol. The molecule has 1 unspecified atom stereocenters. The normalized spacial score (nSPS) is 20.3. The van der Waals surface area contributed by atoms with Gasteiger partial charge in [0.1, 0.15) is 5.76 Å². The lowest BCUT2D eigenvalue weighted by molar-refractivity contribution is -0.140. The molecule has 0 saturated carbocycles. The first-order valence-corrected chi connectivity index (χ1v) is 11.9. The monoisotopic (exact) mass is 500 g/mol. The van der Waals surface area contributed by atoms with E-state index < -0.39 is 17.7 Å². The Bertz CT molecular complexity index is 1110. The number of morpholine rings is 1. The van der Waals surface area contributed by atoms with Crippen molar-refractivity contribution >= 4 is 29.1 Å². The van der Waals surface area contributed by atoms with E-state index in [1.165, 1.54) is 19.1 Å². The molecule has 9 heteroatoms. The Labute approximate surface area is 209 Å². The molecule has 2 heterocycles. The lowest BCUT2D eigenvalue weighted by Gasteiger charge is -2.29. The predicted octanol–water partition coefficient (Wildman–Crippen LogP) is 3.50. The van der Waals surface area contributed by atoms with Gasteiger partial charge >= 0.3 is 0 Å². The molecule has 1 amide bonds. The summed E-state index contributed by atoms with van der Waals surface area (Å²) in [5.41, 5.74) is 1.09. The highest BCUT2D eigenvalue weighted by Gasteiger charge is 2.46. The van der Waals surface area contributed by atoms with E-state index in [4.69, 9.17) is 25.8 Å². The van der Waals surface area contributed by atoms with Gasteiger partial charge < -0.3 is 24.2 Å². The van der Waals surface area contributed by atoms with E-state index in [1.807, 2.05) is 0 Å². The van der Waals surface area contributed by atoms with Crippen LogP contribution in [0, 0.1) is 0 Å². The molecule has 2 aromatic carbocycles. The van der Waals surface area contributed by atoms with Crippen LogP contribution in [-0.2, 0) is 14.3 Å². The molecule has 8 nitrogen and oxygen atoms in total. The molecule has 4 rings (SSSR count). The van der Waals surface area contributed by atoms with Gasteiger partial charge in [0.05, 0.1) is 39.0 Å². The maximum atomic E-state index is 13.2. The summed E-state index contributed by atoms with van der Waals surface area (Å²) >= 11 is 5.99. The van der Waals surface area contributed by atoms with Crippen LogP contribution in [0.5, 0.6) is 11.5 Å². The summed E-state index contributed by atoms with van der Waals surface area (Å²) in [6, 6.07) is 11.0. The number of methoxy groups -OCH3 is 2. The zero-order valence-electron chi connectivity index (χ0n) is 19.8. The Morgan fingerprint density at radius 1 is 1.03 bits per heavy atom. The standard InChI is InChI=1S/C26H29ClN2O6/c1-33-20-9-6-18(16-21(20)34-2)23-22(24(30)17-4-7-19(27)8-5-17)25(31)26(32)29(23)11-3-10-28-12-14-35-15-13-28/h4-9,16,23,30H,3,10-15H2,1-2H3/b24-22-. The Morgan fingerprint density at radius 3 is 2.37 bits per heavy atom. The third-order valence-corrected chi connectivity index (χ3v) is 6.61. The minimum absolute atomic E-state index is 0.0379. The summed E-state index contributed by atoms with van der Waals surface area (Å²) in [7, 11) is 3.06. The summed E-state index contributed by atoms with van der Waals surface area (Å²) in [5, 5.41) is 11.7. The number of aliphatic hydroxyl groups is 1. The van der Waals surface area contributed by atoms with E-state index in [0.717, 1.165) is 19.6 Å². The van der Waals surface area contributed by atoms with Crippen molar-refractivity contribution in [1.82, 2.24) is 9.80 Å². The molecule has 0 aromatic heterocycles. The summed E-state index contributed by atoms with van der Waals surface area (Å²) < 4.78 is 16.2. The summed E-state index contributed by atoms with van der Waals surface area (Å²) in [4.78, 5) is 30.2. The average Bonchev–Trinajstić information content (AvgIpc) is 3.14. The van der Waals surface area contributed by atoms with Crippen LogP contribution >= 0.6 is 11.6 Å². The predicted molar refractivity (Wildman–Crippen MR) is 132 cm³/mol. The fourth-order valence-electron chi connectivity index (χ4n) is 4.53. The molecule has 1 atom stereocenters. The average molecular weight is 501 g/mol. The van der Waals surface area contributed by atoms with Crippen LogP contribution in [0.2, 0.25) is 5.02 Å². The number of amides is 1. The number of hydrogen-bond acceptors (Lipinski definition) is 7. The van der Waals surface area contributed by atoms with Gasteiger partial charge in [-0.3, -0.25) is 14.5 Å². The van der Waals surface area contributed by atoms with Gasteiger partial charge in [0.2, 0.25) is 0 Å². The second-order valence-corrected chi connectivity index (χ2v) is 8.86. The van der Waals surface area contributed by atoms with Gasteiger partial charge in [-0.2, -0.15) is 0 Å². The molecule has 0 radical (unpaired) electrons. The van der Waals surface area contributed by atoms with Gasteiger partial charge in [0.15, 0.2) is 11.5 Å². The molecule has 2 aromatic rings. The second-order valence-electron chi connectivity index (χ2n) is 8.42. The van der Waals surface area contributed by atoms with Crippen LogP contribution in [-0.4, -0.2) is 80.2 Å². The number of halogens is 1. The third kappa shape index (κ3) is 5.29. The Hall–Kier alpha value is -3.07.